The zero-order chi connectivity index (χ0) is 10.7. The van der Waals surface area contributed by atoms with Gasteiger partial charge in [0.05, 0.1) is 12.7 Å². The van der Waals surface area contributed by atoms with Gasteiger partial charge in [0.25, 0.3) is 0 Å². The first-order valence-corrected chi connectivity index (χ1v) is 4.85. The second kappa shape index (κ2) is 4.80. The van der Waals surface area contributed by atoms with Gasteiger partial charge in [-0.2, -0.15) is 0 Å². The second-order valence-corrected chi connectivity index (χ2v) is 3.88. The maximum absolute atomic E-state index is 11.6. The van der Waals surface area contributed by atoms with Crippen LogP contribution in [0.1, 0.15) is 13.8 Å². The van der Waals surface area contributed by atoms with Gasteiger partial charge < -0.3 is 14.7 Å². The predicted octanol–water partition coefficient (Wildman–Crippen LogP) is -0.643. The Morgan fingerprint density at radius 1 is 1.64 bits per heavy atom. The summed E-state index contributed by atoms with van der Waals surface area (Å²) >= 11 is 0. The van der Waals surface area contributed by atoms with Crippen molar-refractivity contribution in [3.05, 3.63) is 0 Å². The summed E-state index contributed by atoms with van der Waals surface area (Å²) in [4.78, 5) is 13.3. The Hall–Kier alpha value is -0.545. The van der Waals surface area contributed by atoms with Gasteiger partial charge in [0.2, 0.25) is 5.91 Å². The number of rotatable bonds is 2. The molecule has 0 aromatic heterocycles. The molecule has 14 heavy (non-hydrogen) atoms. The number of aliphatic hydroxyl groups excluding tert-OH is 1. The molecule has 2 unspecified atom stereocenters. The lowest BCUT2D eigenvalue weighted by atomic mass is 9.96. The zero-order valence-corrected chi connectivity index (χ0v) is 8.64. The molecule has 4 nitrogen and oxygen atoms in total. The van der Waals surface area contributed by atoms with Crippen molar-refractivity contribution in [2.75, 3.05) is 19.7 Å². The summed E-state index contributed by atoms with van der Waals surface area (Å²) in [5.74, 6) is 0.0156. The van der Waals surface area contributed by atoms with Crippen LogP contribution < -0.4 is 0 Å². The number of hydrogen-bond donors (Lipinski definition) is 1. The average Bonchev–Trinajstić information content (AvgIpc) is 2.15. The molecule has 78 valence electrons. The van der Waals surface area contributed by atoms with Gasteiger partial charge in [-0.3, -0.25) is 4.79 Å². The first-order chi connectivity index (χ1) is 6.54. The lowest BCUT2D eigenvalue weighted by Gasteiger charge is -2.37. The monoisotopic (exact) mass is 197 g/mol. The average molecular weight is 197 g/mol. The minimum atomic E-state index is -0.483. The van der Waals surface area contributed by atoms with Crippen molar-refractivity contribution in [3.63, 3.8) is 0 Å². The Morgan fingerprint density at radius 2 is 2.29 bits per heavy atom. The quantitative estimate of drug-likeness (QED) is 0.599. The number of hydrogen-bond acceptors (Lipinski definition) is 3. The smallest absolute Gasteiger partial charge is 0.225 e. The molecule has 0 saturated carbocycles. The standard InChI is InChI=1S/C9H16BNO3/c1-6(2)9(13)11-3-7(5-12)14-8(10)4-11/h6-8,12H,3-5H2,1-2H3. The highest BCUT2D eigenvalue weighted by Crippen LogP contribution is 2.12. The Labute approximate surface area is 85.6 Å². The maximum atomic E-state index is 11.6. The fourth-order valence-electron chi connectivity index (χ4n) is 1.52. The van der Waals surface area contributed by atoms with E-state index in [2.05, 4.69) is 0 Å². The normalized spacial score (nSPS) is 28.1. The number of amides is 1. The van der Waals surface area contributed by atoms with Gasteiger partial charge in [-0.05, 0) is 0 Å². The van der Waals surface area contributed by atoms with Crippen molar-refractivity contribution in [1.82, 2.24) is 4.90 Å². The minimum absolute atomic E-state index is 0.0420. The van der Waals surface area contributed by atoms with Crippen LogP contribution in [0.4, 0.5) is 0 Å². The number of carbonyl (C=O) groups is 1. The summed E-state index contributed by atoms with van der Waals surface area (Å²) in [6.45, 7) is 4.43. The van der Waals surface area contributed by atoms with E-state index in [1.165, 1.54) is 0 Å². The van der Waals surface area contributed by atoms with Crippen LogP contribution in [0.3, 0.4) is 0 Å². The molecule has 1 rings (SSSR count). The SMILES string of the molecule is [B]C1CN(C(=O)C(C)C)CC(CO)O1. The molecule has 0 bridgehead atoms. The van der Waals surface area contributed by atoms with Crippen LogP contribution in [0.2, 0.25) is 0 Å². The topological polar surface area (TPSA) is 49.8 Å². The summed E-state index contributed by atoms with van der Waals surface area (Å²) in [6.07, 6.45) is -0.346. The van der Waals surface area contributed by atoms with E-state index >= 15 is 0 Å². The summed E-state index contributed by atoms with van der Waals surface area (Å²) in [5, 5.41) is 8.93. The molecule has 2 radical (unpaired) electrons. The van der Waals surface area contributed by atoms with Gasteiger partial charge in [-0.25, -0.2) is 0 Å². The van der Waals surface area contributed by atoms with Crippen LogP contribution in [0.5, 0.6) is 0 Å². The molecule has 2 atom stereocenters. The van der Waals surface area contributed by atoms with E-state index in [9.17, 15) is 4.79 Å². The lowest BCUT2D eigenvalue weighted by Crippen LogP contribution is -2.52. The van der Waals surface area contributed by atoms with Crippen LogP contribution in [0, 0.1) is 5.92 Å². The van der Waals surface area contributed by atoms with Crippen LogP contribution in [-0.2, 0) is 9.53 Å². The summed E-state index contributed by atoms with van der Waals surface area (Å²) < 4.78 is 5.23. The molecular weight excluding hydrogens is 181 g/mol. The third-order valence-corrected chi connectivity index (χ3v) is 2.20. The fourth-order valence-corrected chi connectivity index (χ4v) is 1.52. The van der Waals surface area contributed by atoms with E-state index in [1.807, 2.05) is 13.8 Å². The molecule has 0 aliphatic carbocycles. The molecule has 0 spiro atoms. The van der Waals surface area contributed by atoms with E-state index < -0.39 is 6.00 Å². The fraction of sp³-hybridized carbons (Fsp3) is 0.889. The van der Waals surface area contributed by atoms with Gasteiger partial charge in [0, 0.05) is 25.0 Å². The number of carbonyl (C=O) groups excluding carboxylic acids is 1. The van der Waals surface area contributed by atoms with E-state index in [1.54, 1.807) is 4.90 Å². The third-order valence-electron chi connectivity index (χ3n) is 2.20. The van der Waals surface area contributed by atoms with Crippen LogP contribution >= 0.6 is 0 Å². The summed E-state index contributed by atoms with van der Waals surface area (Å²) in [5.41, 5.74) is 0. The van der Waals surface area contributed by atoms with Gasteiger partial charge in [-0.1, -0.05) is 13.8 Å². The van der Waals surface area contributed by atoms with E-state index in [-0.39, 0.29) is 24.5 Å². The number of nitrogens with zero attached hydrogens (tertiary/aromatic N) is 1. The Balaban J connectivity index is 2.57. The Bertz CT molecular complexity index is 210. The number of morpholine rings is 1. The van der Waals surface area contributed by atoms with Crippen LogP contribution in [-0.4, -0.2) is 55.6 Å². The minimum Gasteiger partial charge on any atom is -0.394 e. The molecule has 1 aliphatic rings. The van der Waals surface area contributed by atoms with Gasteiger partial charge in [-0.15, -0.1) is 0 Å². The molecule has 0 aromatic rings. The molecule has 1 heterocycles. The molecule has 1 N–H and O–H groups in total. The third kappa shape index (κ3) is 2.72. The van der Waals surface area contributed by atoms with E-state index in [0.29, 0.717) is 13.1 Å². The second-order valence-electron chi connectivity index (χ2n) is 3.88. The number of ether oxygens (including phenoxy) is 1. The van der Waals surface area contributed by atoms with Crippen molar-refractivity contribution in [2.45, 2.75) is 26.0 Å². The highest BCUT2D eigenvalue weighted by molar-refractivity contribution is 6.11. The molecule has 1 amide bonds. The van der Waals surface area contributed by atoms with Crippen molar-refractivity contribution in [3.8, 4) is 0 Å². The largest absolute Gasteiger partial charge is 0.394 e. The Kier molecular flexibility index (Phi) is 3.95. The van der Waals surface area contributed by atoms with Gasteiger partial charge in [0.1, 0.15) is 7.85 Å². The molecule has 1 saturated heterocycles. The van der Waals surface area contributed by atoms with Gasteiger partial charge in [0.15, 0.2) is 0 Å². The lowest BCUT2D eigenvalue weighted by molar-refractivity contribution is -0.145. The highest BCUT2D eigenvalue weighted by atomic mass is 16.5. The maximum Gasteiger partial charge on any atom is 0.225 e. The van der Waals surface area contributed by atoms with Gasteiger partial charge >= 0.3 is 0 Å². The molecular formula is C9H16BNO3. The number of aliphatic hydroxyl groups is 1. The summed E-state index contributed by atoms with van der Waals surface area (Å²) in [7, 11) is 5.60. The highest BCUT2D eigenvalue weighted by Gasteiger charge is 2.28. The molecule has 0 aromatic carbocycles. The molecule has 1 aliphatic heterocycles. The zero-order valence-electron chi connectivity index (χ0n) is 8.64. The predicted molar refractivity (Wildman–Crippen MR) is 52.9 cm³/mol. The van der Waals surface area contributed by atoms with Crippen molar-refractivity contribution < 1.29 is 14.6 Å². The van der Waals surface area contributed by atoms with Crippen LogP contribution in [0.15, 0.2) is 0 Å². The van der Waals surface area contributed by atoms with Crippen LogP contribution in [0.25, 0.3) is 0 Å². The molecule has 1 fully saturated rings. The van der Waals surface area contributed by atoms with Crippen molar-refractivity contribution in [2.24, 2.45) is 5.92 Å². The molecule has 5 heteroatoms. The van der Waals surface area contributed by atoms with E-state index in [0.717, 1.165) is 0 Å². The van der Waals surface area contributed by atoms with Crippen molar-refractivity contribution >= 4 is 13.8 Å². The first-order valence-electron chi connectivity index (χ1n) is 4.85. The Morgan fingerprint density at radius 3 is 2.79 bits per heavy atom. The van der Waals surface area contributed by atoms with Crippen molar-refractivity contribution in [1.29, 1.82) is 0 Å². The first kappa shape index (κ1) is 11.5. The summed E-state index contributed by atoms with van der Waals surface area (Å²) in [6, 6.07) is -0.483. The van der Waals surface area contributed by atoms with E-state index in [4.69, 9.17) is 17.7 Å².